The Morgan fingerprint density at radius 1 is 1.00 bits per heavy atom. The first-order valence-electron chi connectivity index (χ1n) is 10.9. The van der Waals surface area contributed by atoms with E-state index in [1.807, 2.05) is 48.5 Å². The molecule has 31 heavy (non-hydrogen) atoms. The molecular weight excluding hydrogens is 412 g/mol. The number of carbonyl (C=O) groups is 1. The van der Waals surface area contributed by atoms with Crippen molar-refractivity contribution in [3.05, 3.63) is 71.8 Å². The summed E-state index contributed by atoms with van der Waals surface area (Å²) < 4.78 is 28.5. The lowest BCUT2D eigenvalue weighted by molar-refractivity contribution is -0.167. The highest BCUT2D eigenvalue weighted by Gasteiger charge is 2.70. The Morgan fingerprint density at radius 2 is 1.61 bits per heavy atom. The van der Waals surface area contributed by atoms with E-state index in [1.54, 1.807) is 17.0 Å². The van der Waals surface area contributed by atoms with Crippen LogP contribution in [0.3, 0.4) is 0 Å². The van der Waals surface area contributed by atoms with Crippen molar-refractivity contribution in [3.63, 3.8) is 0 Å². The highest BCUT2D eigenvalue weighted by molar-refractivity contribution is 7.88. The maximum atomic E-state index is 13.5. The summed E-state index contributed by atoms with van der Waals surface area (Å²) in [6, 6.07) is 18.4. The Labute approximate surface area is 183 Å². The second-order valence-corrected chi connectivity index (χ2v) is 11.0. The Kier molecular flexibility index (Phi) is 5.15. The van der Waals surface area contributed by atoms with Crippen molar-refractivity contribution < 1.29 is 18.3 Å². The molecule has 1 aliphatic carbocycles. The van der Waals surface area contributed by atoms with Gasteiger partial charge in [0.05, 0.1) is 23.9 Å². The number of aliphatic hydroxyl groups is 1. The summed E-state index contributed by atoms with van der Waals surface area (Å²) in [6.45, 7) is 0.538. The number of likely N-dealkylation sites (tertiary alicyclic amines) is 1. The van der Waals surface area contributed by atoms with Gasteiger partial charge in [-0.3, -0.25) is 4.79 Å². The normalized spacial score (nSPS) is 25.1. The third-order valence-corrected chi connectivity index (χ3v) is 8.92. The standard InChI is InChI=1S/C24H28N2O4S/c27-14-21-23(20-9-5-2-6-10-20)24(16-25(17-24)22(28)13-18-11-12-18)26(21)31(29,30)15-19-7-3-1-4-8-19/h1-10,18,21,23,27H,11-17H2/t21-,23+/m1/s1. The number of amides is 1. The minimum atomic E-state index is -3.67. The minimum Gasteiger partial charge on any atom is -0.395 e. The number of aliphatic hydroxyl groups excluding tert-OH is 1. The van der Waals surface area contributed by atoms with Gasteiger partial charge in [-0.15, -0.1) is 0 Å². The van der Waals surface area contributed by atoms with Crippen molar-refractivity contribution in [3.8, 4) is 0 Å². The summed E-state index contributed by atoms with van der Waals surface area (Å²) in [4.78, 5) is 14.5. The largest absolute Gasteiger partial charge is 0.395 e. The molecule has 1 N–H and O–H groups in total. The number of hydrogen-bond donors (Lipinski definition) is 1. The van der Waals surface area contributed by atoms with Crippen molar-refractivity contribution >= 4 is 15.9 Å². The first kappa shape index (κ1) is 20.7. The summed E-state index contributed by atoms with van der Waals surface area (Å²) in [5, 5.41) is 10.2. The van der Waals surface area contributed by atoms with Crippen LogP contribution >= 0.6 is 0 Å². The molecule has 7 heteroatoms. The maximum absolute atomic E-state index is 13.5. The van der Waals surface area contributed by atoms with E-state index in [2.05, 4.69) is 0 Å². The first-order chi connectivity index (χ1) is 14.9. The summed E-state index contributed by atoms with van der Waals surface area (Å²) in [7, 11) is -3.67. The molecule has 0 unspecified atom stereocenters. The first-order valence-corrected chi connectivity index (χ1v) is 12.6. The van der Waals surface area contributed by atoms with Crippen molar-refractivity contribution in [2.24, 2.45) is 5.92 Å². The molecule has 5 rings (SSSR count). The average molecular weight is 441 g/mol. The molecule has 3 aliphatic rings. The lowest BCUT2D eigenvalue weighted by atomic mass is 9.63. The summed E-state index contributed by atoms with van der Waals surface area (Å²) >= 11 is 0. The van der Waals surface area contributed by atoms with Crippen molar-refractivity contribution in [2.45, 2.75) is 42.5 Å². The van der Waals surface area contributed by atoms with Crippen LogP contribution in [0.15, 0.2) is 60.7 Å². The van der Waals surface area contributed by atoms with Crippen molar-refractivity contribution in [1.29, 1.82) is 0 Å². The van der Waals surface area contributed by atoms with Gasteiger partial charge < -0.3 is 10.0 Å². The Bertz CT molecular complexity index is 1050. The third kappa shape index (κ3) is 3.58. The van der Waals surface area contributed by atoms with Gasteiger partial charge in [-0.1, -0.05) is 60.7 Å². The van der Waals surface area contributed by atoms with Crippen molar-refractivity contribution in [2.75, 3.05) is 19.7 Å². The molecular formula is C24H28N2O4S. The molecule has 2 heterocycles. The van der Waals surface area contributed by atoms with Crippen LogP contribution < -0.4 is 0 Å². The lowest BCUT2D eigenvalue weighted by Crippen LogP contribution is -2.85. The molecule has 0 radical (unpaired) electrons. The zero-order valence-electron chi connectivity index (χ0n) is 17.4. The summed E-state index contributed by atoms with van der Waals surface area (Å²) in [5.74, 6) is 0.379. The van der Waals surface area contributed by atoms with E-state index < -0.39 is 21.6 Å². The number of carbonyl (C=O) groups excluding carboxylic acids is 1. The van der Waals surface area contributed by atoms with Gasteiger partial charge in [-0.25, -0.2) is 8.42 Å². The number of rotatable bonds is 7. The van der Waals surface area contributed by atoms with Crippen LogP contribution in [0.4, 0.5) is 0 Å². The molecule has 1 saturated carbocycles. The molecule has 0 aromatic heterocycles. The topological polar surface area (TPSA) is 77.9 Å². The lowest BCUT2D eigenvalue weighted by Gasteiger charge is -2.69. The van der Waals surface area contributed by atoms with Gasteiger partial charge in [-0.05, 0) is 29.9 Å². The second-order valence-electron chi connectivity index (χ2n) is 9.18. The number of sulfonamides is 1. The van der Waals surface area contributed by atoms with Crippen LogP contribution in [0.25, 0.3) is 0 Å². The molecule has 1 amide bonds. The smallest absolute Gasteiger partial charge is 0.222 e. The van der Waals surface area contributed by atoms with Gasteiger partial charge in [0.2, 0.25) is 15.9 Å². The Balaban J connectivity index is 1.45. The number of nitrogens with zero attached hydrogens (tertiary/aromatic N) is 2. The van der Waals surface area contributed by atoms with E-state index in [1.165, 1.54) is 4.31 Å². The van der Waals surface area contributed by atoms with E-state index >= 15 is 0 Å². The Morgan fingerprint density at radius 3 is 2.19 bits per heavy atom. The highest BCUT2D eigenvalue weighted by atomic mass is 32.2. The van der Waals surface area contributed by atoms with Crippen molar-refractivity contribution in [1.82, 2.24) is 9.21 Å². The van der Waals surface area contributed by atoms with Gasteiger partial charge in [0, 0.05) is 25.4 Å². The fraction of sp³-hybridized carbons (Fsp3) is 0.458. The molecule has 2 saturated heterocycles. The zero-order valence-corrected chi connectivity index (χ0v) is 18.2. The summed E-state index contributed by atoms with van der Waals surface area (Å²) in [6.07, 6.45) is 2.79. The van der Waals surface area contributed by atoms with Crippen LogP contribution in [0.5, 0.6) is 0 Å². The predicted octanol–water partition coefficient (Wildman–Crippen LogP) is 2.36. The van der Waals surface area contributed by atoms with E-state index in [0.717, 1.165) is 24.0 Å². The van der Waals surface area contributed by atoms with Crippen LogP contribution in [0, 0.1) is 5.92 Å². The summed E-state index contributed by atoms with van der Waals surface area (Å²) in [5.41, 5.74) is 1.06. The third-order valence-electron chi connectivity index (χ3n) is 6.98. The predicted molar refractivity (Wildman–Crippen MR) is 118 cm³/mol. The van der Waals surface area contributed by atoms with Gasteiger partial charge in [-0.2, -0.15) is 4.31 Å². The maximum Gasteiger partial charge on any atom is 0.222 e. The SMILES string of the molecule is O=C(CC1CC1)N1CC2(C1)[C@@H](c1ccccc1)[C@@H](CO)N2S(=O)(=O)Cc1ccccc1. The second kappa shape index (κ2) is 7.73. The average Bonchev–Trinajstić information content (AvgIpc) is 3.51. The van der Waals surface area contributed by atoms with E-state index in [-0.39, 0.29) is 24.2 Å². The molecule has 3 fully saturated rings. The molecule has 2 aromatic carbocycles. The number of benzene rings is 2. The van der Waals surface area contributed by atoms with Crippen LogP contribution in [-0.2, 0) is 20.6 Å². The van der Waals surface area contributed by atoms with Crippen LogP contribution in [0.1, 0.15) is 36.3 Å². The molecule has 164 valence electrons. The molecule has 2 aromatic rings. The molecule has 2 atom stereocenters. The van der Waals surface area contributed by atoms with Gasteiger partial charge in [0.1, 0.15) is 0 Å². The van der Waals surface area contributed by atoms with Gasteiger partial charge in [0.25, 0.3) is 0 Å². The van der Waals surface area contributed by atoms with Crippen LogP contribution in [0.2, 0.25) is 0 Å². The van der Waals surface area contributed by atoms with E-state index in [0.29, 0.717) is 25.4 Å². The number of hydrogen-bond acceptors (Lipinski definition) is 4. The fourth-order valence-corrected chi connectivity index (χ4v) is 7.55. The quantitative estimate of drug-likeness (QED) is 0.717. The highest BCUT2D eigenvalue weighted by Crippen LogP contribution is 2.55. The van der Waals surface area contributed by atoms with Crippen LogP contribution in [-0.4, -0.2) is 59.9 Å². The van der Waals surface area contributed by atoms with E-state index in [4.69, 9.17) is 0 Å². The molecule has 2 aliphatic heterocycles. The zero-order chi connectivity index (χ0) is 21.6. The fourth-order valence-electron chi connectivity index (χ4n) is 5.41. The Hall–Kier alpha value is -2.22. The van der Waals surface area contributed by atoms with E-state index in [9.17, 15) is 18.3 Å². The van der Waals surface area contributed by atoms with Gasteiger partial charge >= 0.3 is 0 Å². The monoisotopic (exact) mass is 440 g/mol. The molecule has 1 spiro atoms. The molecule has 6 nitrogen and oxygen atoms in total. The molecule has 0 bridgehead atoms. The van der Waals surface area contributed by atoms with Gasteiger partial charge in [0.15, 0.2) is 0 Å². The minimum absolute atomic E-state index is 0.108.